The largest absolute Gasteiger partial charge is 0.383 e. The van der Waals surface area contributed by atoms with Crippen LogP contribution in [0.25, 0.3) is 0 Å². The van der Waals surface area contributed by atoms with Gasteiger partial charge >= 0.3 is 0 Å². The van der Waals surface area contributed by atoms with Crippen molar-refractivity contribution in [2.24, 2.45) is 0 Å². The SMILES string of the molecule is CN(C)C=CC(=O)C(=O)C(=O)C=CN(C)C. The summed E-state index contributed by atoms with van der Waals surface area (Å²) in [7, 11) is 6.84. The fraction of sp³-hybridized carbons (Fsp3) is 0.364. The summed E-state index contributed by atoms with van der Waals surface area (Å²) >= 11 is 0. The van der Waals surface area contributed by atoms with Crippen LogP contribution in [0.3, 0.4) is 0 Å². The van der Waals surface area contributed by atoms with E-state index >= 15 is 0 Å². The molecule has 0 N–H and O–H groups in total. The predicted molar refractivity (Wildman–Crippen MR) is 60.7 cm³/mol. The summed E-state index contributed by atoms with van der Waals surface area (Å²) in [5, 5.41) is 0. The zero-order chi connectivity index (χ0) is 12.7. The van der Waals surface area contributed by atoms with Crippen molar-refractivity contribution in [1.82, 2.24) is 9.80 Å². The van der Waals surface area contributed by atoms with Gasteiger partial charge in [-0.25, -0.2) is 0 Å². The molecule has 0 radical (unpaired) electrons. The monoisotopic (exact) mass is 224 g/mol. The summed E-state index contributed by atoms with van der Waals surface area (Å²) < 4.78 is 0. The first-order chi connectivity index (χ1) is 7.34. The molecule has 0 rings (SSSR count). The van der Waals surface area contributed by atoms with Crippen molar-refractivity contribution in [3.63, 3.8) is 0 Å². The Kier molecular flexibility index (Phi) is 5.77. The van der Waals surface area contributed by atoms with Crippen molar-refractivity contribution < 1.29 is 14.4 Å². The summed E-state index contributed by atoms with van der Waals surface area (Å²) in [5.41, 5.74) is 0. The maximum absolute atomic E-state index is 11.2. The highest BCUT2D eigenvalue weighted by molar-refractivity contribution is 6.68. The van der Waals surface area contributed by atoms with Crippen LogP contribution in [0.2, 0.25) is 0 Å². The van der Waals surface area contributed by atoms with Crippen LogP contribution in [0.5, 0.6) is 0 Å². The Morgan fingerprint density at radius 2 is 1.06 bits per heavy atom. The fourth-order valence-electron chi connectivity index (χ4n) is 0.706. The lowest BCUT2D eigenvalue weighted by molar-refractivity contribution is -0.140. The van der Waals surface area contributed by atoms with Gasteiger partial charge in [0.25, 0.3) is 5.78 Å². The van der Waals surface area contributed by atoms with Crippen molar-refractivity contribution in [2.45, 2.75) is 0 Å². The summed E-state index contributed by atoms with van der Waals surface area (Å²) in [4.78, 5) is 36.8. The number of ketones is 3. The predicted octanol–water partition coefficient (Wildman–Crippen LogP) is -0.156. The van der Waals surface area contributed by atoms with Gasteiger partial charge in [-0.3, -0.25) is 14.4 Å². The van der Waals surface area contributed by atoms with E-state index in [0.29, 0.717) is 0 Å². The van der Waals surface area contributed by atoms with Gasteiger partial charge in [-0.05, 0) is 0 Å². The number of hydrogen-bond donors (Lipinski definition) is 0. The van der Waals surface area contributed by atoms with Crippen LogP contribution in [0, 0.1) is 0 Å². The van der Waals surface area contributed by atoms with E-state index in [0.717, 1.165) is 12.2 Å². The Balaban J connectivity index is 4.46. The smallest absolute Gasteiger partial charge is 0.272 e. The van der Waals surface area contributed by atoms with Gasteiger partial charge in [0.15, 0.2) is 0 Å². The Labute approximate surface area is 95.0 Å². The molecule has 88 valence electrons. The minimum atomic E-state index is -1.03. The van der Waals surface area contributed by atoms with Crippen molar-refractivity contribution in [3.05, 3.63) is 24.6 Å². The second-order valence-corrected chi connectivity index (χ2v) is 3.62. The molecule has 5 nitrogen and oxygen atoms in total. The first-order valence-corrected chi connectivity index (χ1v) is 4.66. The van der Waals surface area contributed by atoms with Crippen LogP contribution in [-0.2, 0) is 14.4 Å². The van der Waals surface area contributed by atoms with Crippen molar-refractivity contribution in [3.8, 4) is 0 Å². The molecule has 0 saturated carbocycles. The topological polar surface area (TPSA) is 57.7 Å². The number of rotatable bonds is 6. The van der Waals surface area contributed by atoms with Gasteiger partial charge in [-0.15, -0.1) is 0 Å². The highest BCUT2D eigenvalue weighted by Crippen LogP contribution is 1.88. The molecule has 0 aromatic carbocycles. The molecule has 0 aliphatic rings. The molecule has 0 heterocycles. The molecule has 0 saturated heterocycles. The molecule has 0 fully saturated rings. The van der Waals surface area contributed by atoms with Crippen LogP contribution in [-0.4, -0.2) is 55.3 Å². The lowest BCUT2D eigenvalue weighted by Crippen LogP contribution is -2.21. The quantitative estimate of drug-likeness (QED) is 0.356. The summed E-state index contributed by atoms with van der Waals surface area (Å²) in [6, 6.07) is 0. The number of hydrogen-bond acceptors (Lipinski definition) is 5. The number of nitrogens with zero attached hydrogens (tertiary/aromatic N) is 2. The maximum Gasteiger partial charge on any atom is 0.272 e. The molecule has 0 amide bonds. The van der Waals surface area contributed by atoms with Gasteiger partial charge in [0.1, 0.15) is 0 Å². The normalized spacial score (nSPS) is 10.8. The van der Waals surface area contributed by atoms with Crippen LogP contribution in [0.15, 0.2) is 24.6 Å². The van der Waals surface area contributed by atoms with Crippen molar-refractivity contribution in [2.75, 3.05) is 28.2 Å². The molecule has 0 aromatic rings. The first kappa shape index (κ1) is 14.1. The molecule has 0 bridgehead atoms. The molecule has 0 aromatic heterocycles. The maximum atomic E-state index is 11.2. The average molecular weight is 224 g/mol. The summed E-state index contributed by atoms with van der Waals surface area (Å²) in [6.07, 6.45) is 4.99. The van der Waals surface area contributed by atoms with Crippen LogP contribution in [0.1, 0.15) is 0 Å². The Morgan fingerprint density at radius 3 is 1.31 bits per heavy atom. The zero-order valence-corrected chi connectivity index (χ0v) is 9.93. The molecule has 5 heteroatoms. The molecular formula is C11H16N2O3. The number of allylic oxidation sites excluding steroid dienone is 2. The molecule has 0 atom stereocenters. The van der Waals surface area contributed by atoms with E-state index in [1.54, 1.807) is 38.0 Å². The number of carbonyl (C=O) groups is 3. The van der Waals surface area contributed by atoms with E-state index in [-0.39, 0.29) is 0 Å². The van der Waals surface area contributed by atoms with Gasteiger partial charge < -0.3 is 9.80 Å². The van der Waals surface area contributed by atoms with Crippen LogP contribution < -0.4 is 0 Å². The van der Waals surface area contributed by atoms with E-state index in [1.165, 1.54) is 12.4 Å². The third-order valence-electron chi connectivity index (χ3n) is 1.50. The molecule has 0 aliphatic carbocycles. The lowest BCUT2D eigenvalue weighted by Gasteiger charge is -2.02. The Hall–Kier alpha value is -1.91. The Morgan fingerprint density at radius 1 is 0.750 bits per heavy atom. The lowest BCUT2D eigenvalue weighted by atomic mass is 10.1. The van der Waals surface area contributed by atoms with E-state index in [4.69, 9.17) is 0 Å². The van der Waals surface area contributed by atoms with E-state index < -0.39 is 17.3 Å². The molecular weight excluding hydrogens is 208 g/mol. The van der Waals surface area contributed by atoms with Gasteiger partial charge in [0.05, 0.1) is 0 Å². The second-order valence-electron chi connectivity index (χ2n) is 3.62. The molecule has 0 aliphatic heterocycles. The number of Topliss-reactive ketones (excluding diaryl/α,β-unsaturated/α-hetero) is 1. The van der Waals surface area contributed by atoms with Gasteiger partial charge in [0.2, 0.25) is 11.6 Å². The van der Waals surface area contributed by atoms with Crippen LogP contribution in [0.4, 0.5) is 0 Å². The van der Waals surface area contributed by atoms with Crippen LogP contribution >= 0.6 is 0 Å². The molecule has 0 spiro atoms. The van der Waals surface area contributed by atoms with Gasteiger partial charge in [-0.2, -0.15) is 0 Å². The van der Waals surface area contributed by atoms with E-state index in [9.17, 15) is 14.4 Å². The first-order valence-electron chi connectivity index (χ1n) is 4.66. The van der Waals surface area contributed by atoms with E-state index in [2.05, 4.69) is 0 Å². The summed E-state index contributed by atoms with van der Waals surface area (Å²) in [5.74, 6) is -2.67. The highest BCUT2D eigenvalue weighted by Gasteiger charge is 2.17. The van der Waals surface area contributed by atoms with Crippen molar-refractivity contribution in [1.29, 1.82) is 0 Å². The van der Waals surface area contributed by atoms with Gasteiger partial charge in [0, 0.05) is 52.7 Å². The Bertz CT molecular complexity index is 309. The fourth-order valence-corrected chi connectivity index (χ4v) is 0.706. The standard InChI is InChI=1S/C11H16N2O3/c1-12(2)7-5-9(14)11(16)10(15)6-8-13(3)4/h5-8H,1-4H3. The van der Waals surface area contributed by atoms with Crippen molar-refractivity contribution >= 4 is 17.3 Å². The second kappa shape index (κ2) is 6.55. The van der Waals surface area contributed by atoms with E-state index in [1.807, 2.05) is 0 Å². The number of carbonyl (C=O) groups excluding carboxylic acids is 3. The zero-order valence-electron chi connectivity index (χ0n) is 9.93. The highest BCUT2D eigenvalue weighted by atomic mass is 16.2. The third kappa shape index (κ3) is 5.74. The summed E-state index contributed by atoms with van der Waals surface area (Å²) in [6.45, 7) is 0. The minimum absolute atomic E-state index is 0.817. The molecule has 16 heavy (non-hydrogen) atoms. The third-order valence-corrected chi connectivity index (χ3v) is 1.50. The minimum Gasteiger partial charge on any atom is -0.383 e. The molecule has 0 unspecified atom stereocenters. The average Bonchev–Trinajstić information content (AvgIpc) is 2.21. The van der Waals surface area contributed by atoms with Gasteiger partial charge in [-0.1, -0.05) is 0 Å².